The first kappa shape index (κ1) is 19.6. The Hall–Kier alpha value is -3.31. The van der Waals surface area contributed by atoms with Crippen LogP contribution in [0.3, 0.4) is 0 Å². The lowest BCUT2D eigenvalue weighted by Crippen LogP contribution is -2.52. The molecule has 1 atom stereocenters. The Morgan fingerprint density at radius 2 is 1.39 bits per heavy atom. The highest BCUT2D eigenvalue weighted by Crippen LogP contribution is 2.32. The van der Waals surface area contributed by atoms with Gasteiger partial charge < -0.3 is 15.1 Å². The van der Waals surface area contributed by atoms with Crippen LogP contribution in [0.2, 0.25) is 0 Å². The molecule has 158 valence electrons. The monoisotopic (exact) mass is 412 g/mol. The minimum Gasteiger partial charge on any atom is -0.369 e. The largest absolute Gasteiger partial charge is 0.369 e. The molecule has 0 bridgehead atoms. The number of nitrogens with one attached hydrogen (secondary N) is 1. The number of benzene rings is 3. The van der Waals surface area contributed by atoms with E-state index in [0.29, 0.717) is 0 Å². The van der Waals surface area contributed by atoms with Gasteiger partial charge in [-0.1, -0.05) is 60.7 Å². The van der Waals surface area contributed by atoms with E-state index in [4.69, 9.17) is 0 Å². The summed E-state index contributed by atoms with van der Waals surface area (Å²) in [5.41, 5.74) is 4.19. The summed E-state index contributed by atoms with van der Waals surface area (Å²) in [5.74, 6) is -0.00261. The molecular weight excluding hydrogens is 384 g/mol. The van der Waals surface area contributed by atoms with Crippen LogP contribution in [-0.2, 0) is 0 Å². The van der Waals surface area contributed by atoms with Crippen LogP contribution >= 0.6 is 0 Å². The average molecular weight is 413 g/mol. The molecule has 2 aliphatic rings. The second-order valence-electron chi connectivity index (χ2n) is 8.16. The molecule has 2 aliphatic heterocycles. The van der Waals surface area contributed by atoms with Crippen LogP contribution in [0.15, 0.2) is 84.9 Å². The third-order valence-corrected chi connectivity index (χ3v) is 6.30. The molecule has 5 rings (SSSR count). The standard InChI is InChI=1S/C26H28N4O/c31-26-23-13-7-8-14-24(23)30(25(27-26)21-9-3-1-4-10-21)20-17-28-15-18-29(19-16-28)22-11-5-2-6-12-22/h1-14,25H,15-20H2,(H,27,31). The molecule has 2 heterocycles. The van der Waals surface area contributed by atoms with E-state index in [1.165, 1.54) is 5.69 Å². The molecule has 0 saturated carbocycles. The second kappa shape index (κ2) is 8.82. The third-order valence-electron chi connectivity index (χ3n) is 6.30. The Morgan fingerprint density at radius 1 is 0.742 bits per heavy atom. The second-order valence-corrected chi connectivity index (χ2v) is 8.16. The molecule has 0 aliphatic carbocycles. The zero-order valence-electron chi connectivity index (χ0n) is 17.7. The van der Waals surface area contributed by atoms with Crippen LogP contribution in [0.25, 0.3) is 0 Å². The summed E-state index contributed by atoms with van der Waals surface area (Å²) in [7, 11) is 0. The SMILES string of the molecule is O=C1NC(c2ccccc2)N(CCN2CCN(c3ccccc3)CC2)c2ccccc21. The smallest absolute Gasteiger partial charge is 0.255 e. The van der Waals surface area contributed by atoms with Gasteiger partial charge in [-0.2, -0.15) is 0 Å². The number of rotatable bonds is 5. The van der Waals surface area contributed by atoms with Crippen molar-refractivity contribution in [3.05, 3.63) is 96.1 Å². The number of anilines is 2. The maximum Gasteiger partial charge on any atom is 0.255 e. The van der Waals surface area contributed by atoms with Crippen LogP contribution in [0.4, 0.5) is 11.4 Å². The van der Waals surface area contributed by atoms with E-state index in [2.05, 4.69) is 68.5 Å². The molecule has 31 heavy (non-hydrogen) atoms. The molecule has 3 aromatic rings. The van der Waals surface area contributed by atoms with Crippen molar-refractivity contribution in [2.45, 2.75) is 6.17 Å². The molecule has 1 amide bonds. The molecule has 3 aromatic carbocycles. The van der Waals surface area contributed by atoms with E-state index in [-0.39, 0.29) is 12.1 Å². The van der Waals surface area contributed by atoms with Crippen LogP contribution in [-0.4, -0.2) is 50.1 Å². The van der Waals surface area contributed by atoms with Gasteiger partial charge in [-0.05, 0) is 29.8 Å². The van der Waals surface area contributed by atoms with E-state index < -0.39 is 0 Å². The van der Waals surface area contributed by atoms with Crippen molar-refractivity contribution in [1.29, 1.82) is 0 Å². The molecule has 0 aromatic heterocycles. The highest BCUT2D eigenvalue weighted by Gasteiger charge is 2.31. The van der Waals surface area contributed by atoms with Crippen molar-refractivity contribution in [2.24, 2.45) is 0 Å². The van der Waals surface area contributed by atoms with E-state index in [1.807, 2.05) is 36.4 Å². The lowest BCUT2D eigenvalue weighted by Gasteiger charge is -2.41. The molecule has 5 heteroatoms. The quantitative estimate of drug-likeness (QED) is 0.693. The fraction of sp³-hybridized carbons (Fsp3) is 0.269. The van der Waals surface area contributed by atoms with Crippen LogP contribution in [0, 0.1) is 0 Å². The Kier molecular flexibility index (Phi) is 5.59. The summed E-state index contributed by atoms with van der Waals surface area (Å²) in [4.78, 5) is 20.1. The molecule has 0 radical (unpaired) electrons. The van der Waals surface area contributed by atoms with Gasteiger partial charge in [0.15, 0.2) is 0 Å². The number of hydrogen-bond acceptors (Lipinski definition) is 4. The van der Waals surface area contributed by atoms with E-state index in [9.17, 15) is 4.79 Å². The summed E-state index contributed by atoms with van der Waals surface area (Å²) < 4.78 is 0. The first-order valence-corrected chi connectivity index (χ1v) is 11.0. The van der Waals surface area contributed by atoms with Crippen molar-refractivity contribution >= 4 is 17.3 Å². The Morgan fingerprint density at radius 3 is 2.13 bits per heavy atom. The number of carbonyl (C=O) groups excluding carboxylic acids is 1. The lowest BCUT2D eigenvalue weighted by molar-refractivity contribution is 0.0925. The van der Waals surface area contributed by atoms with Gasteiger partial charge in [-0.3, -0.25) is 9.69 Å². The van der Waals surface area contributed by atoms with Gasteiger partial charge in [0.25, 0.3) is 5.91 Å². The lowest BCUT2D eigenvalue weighted by atomic mass is 10.0. The van der Waals surface area contributed by atoms with Gasteiger partial charge in [0.2, 0.25) is 0 Å². The molecule has 1 unspecified atom stereocenters. The average Bonchev–Trinajstić information content (AvgIpc) is 2.85. The topological polar surface area (TPSA) is 38.8 Å². The van der Waals surface area contributed by atoms with Gasteiger partial charge in [-0.15, -0.1) is 0 Å². The number of amides is 1. The maximum absolute atomic E-state index is 12.7. The predicted octanol–water partition coefficient (Wildman–Crippen LogP) is 3.76. The van der Waals surface area contributed by atoms with E-state index in [1.54, 1.807) is 0 Å². The third kappa shape index (κ3) is 4.14. The van der Waals surface area contributed by atoms with Gasteiger partial charge >= 0.3 is 0 Å². The number of fused-ring (bicyclic) bond motifs is 1. The normalized spacial score (nSPS) is 19.1. The summed E-state index contributed by atoms with van der Waals surface area (Å²) >= 11 is 0. The fourth-order valence-electron chi connectivity index (χ4n) is 4.60. The van der Waals surface area contributed by atoms with Crippen molar-refractivity contribution in [3.63, 3.8) is 0 Å². The van der Waals surface area contributed by atoms with Crippen LogP contribution < -0.4 is 15.1 Å². The number of nitrogens with zero attached hydrogens (tertiary/aromatic N) is 3. The van der Waals surface area contributed by atoms with Gasteiger partial charge in [0, 0.05) is 45.0 Å². The van der Waals surface area contributed by atoms with Crippen molar-refractivity contribution < 1.29 is 4.79 Å². The number of carbonyl (C=O) groups is 1. The molecule has 1 N–H and O–H groups in total. The minimum absolute atomic E-state index is 0.00261. The van der Waals surface area contributed by atoms with Crippen molar-refractivity contribution in [3.8, 4) is 0 Å². The number of hydrogen-bond donors (Lipinski definition) is 1. The highest BCUT2D eigenvalue weighted by atomic mass is 16.2. The summed E-state index contributed by atoms with van der Waals surface area (Å²) in [6.07, 6.45) is -0.144. The minimum atomic E-state index is -0.144. The number of piperazine rings is 1. The zero-order chi connectivity index (χ0) is 21.0. The first-order valence-electron chi connectivity index (χ1n) is 11.0. The van der Waals surface area contributed by atoms with Gasteiger partial charge in [-0.25, -0.2) is 0 Å². The van der Waals surface area contributed by atoms with Crippen LogP contribution in [0.5, 0.6) is 0 Å². The highest BCUT2D eigenvalue weighted by molar-refractivity contribution is 6.02. The van der Waals surface area contributed by atoms with Crippen molar-refractivity contribution in [2.75, 3.05) is 49.1 Å². The Balaban J connectivity index is 1.30. The maximum atomic E-state index is 12.7. The molecule has 1 fully saturated rings. The van der Waals surface area contributed by atoms with Crippen LogP contribution in [0.1, 0.15) is 22.1 Å². The Bertz CT molecular complexity index is 1020. The summed E-state index contributed by atoms with van der Waals surface area (Å²) in [6, 6.07) is 28.8. The summed E-state index contributed by atoms with van der Waals surface area (Å²) in [5, 5.41) is 3.22. The first-order chi connectivity index (χ1) is 15.3. The van der Waals surface area contributed by atoms with Crippen molar-refractivity contribution in [1.82, 2.24) is 10.2 Å². The molecular formula is C26H28N4O. The van der Waals surface area contributed by atoms with E-state index >= 15 is 0 Å². The van der Waals surface area contributed by atoms with E-state index in [0.717, 1.165) is 56.1 Å². The predicted molar refractivity (Wildman–Crippen MR) is 126 cm³/mol. The molecule has 1 saturated heterocycles. The molecule has 0 spiro atoms. The summed E-state index contributed by atoms with van der Waals surface area (Å²) in [6.45, 7) is 6.01. The fourth-order valence-corrected chi connectivity index (χ4v) is 4.60. The van der Waals surface area contributed by atoms with Gasteiger partial charge in [0.1, 0.15) is 6.17 Å². The number of para-hydroxylation sites is 2. The van der Waals surface area contributed by atoms with Gasteiger partial charge in [0.05, 0.1) is 11.3 Å². The molecule has 5 nitrogen and oxygen atoms in total. The zero-order valence-corrected chi connectivity index (χ0v) is 17.7. The Labute approximate surface area is 183 Å².